The molecule has 0 saturated carbocycles. The highest BCUT2D eigenvalue weighted by molar-refractivity contribution is 7.90. The Morgan fingerprint density at radius 2 is 1.93 bits per heavy atom. The Morgan fingerprint density at radius 1 is 1.14 bits per heavy atom. The Kier molecular flexibility index (Phi) is 4.89. The number of hydrogen-bond acceptors (Lipinski definition) is 3. The molecule has 0 amide bonds. The normalized spacial score (nSPS) is 17.4. The van der Waals surface area contributed by atoms with E-state index in [2.05, 4.69) is 4.90 Å². The summed E-state index contributed by atoms with van der Waals surface area (Å²) in [6.07, 6.45) is 6.34. The van der Waals surface area contributed by atoms with Gasteiger partial charge in [0.15, 0.2) is 0 Å². The molecule has 0 aliphatic carbocycles. The summed E-state index contributed by atoms with van der Waals surface area (Å²) in [6, 6.07) is 8.40. The van der Waals surface area contributed by atoms with E-state index >= 15 is 0 Å². The molecule has 0 spiro atoms. The molecule has 0 N–H and O–H groups in total. The van der Waals surface area contributed by atoms with Gasteiger partial charge < -0.3 is 4.90 Å². The lowest BCUT2D eigenvalue weighted by molar-refractivity contribution is 0.409. The molecule has 4 rings (SSSR count). The van der Waals surface area contributed by atoms with Gasteiger partial charge in [0.25, 0.3) is 10.0 Å². The van der Waals surface area contributed by atoms with E-state index in [-0.39, 0.29) is 20.9 Å². The van der Waals surface area contributed by atoms with Gasteiger partial charge in [-0.1, -0.05) is 29.3 Å². The molecule has 4 nitrogen and oxygen atoms in total. The van der Waals surface area contributed by atoms with Gasteiger partial charge in [0.1, 0.15) is 10.7 Å². The average molecular weight is 439 g/mol. The highest BCUT2D eigenvalue weighted by atomic mass is 35.5. The van der Waals surface area contributed by atoms with Crippen LogP contribution in [0.4, 0.5) is 4.39 Å². The zero-order valence-electron chi connectivity index (χ0n) is 14.9. The van der Waals surface area contributed by atoms with Gasteiger partial charge in [-0.15, -0.1) is 0 Å². The van der Waals surface area contributed by atoms with Gasteiger partial charge in [0.05, 0.1) is 10.5 Å². The third kappa shape index (κ3) is 3.30. The van der Waals surface area contributed by atoms with Gasteiger partial charge in [-0.25, -0.2) is 16.8 Å². The fourth-order valence-electron chi connectivity index (χ4n) is 3.50. The maximum atomic E-state index is 14.0. The topological polar surface area (TPSA) is 42.3 Å². The van der Waals surface area contributed by atoms with Crippen LogP contribution >= 0.6 is 23.2 Å². The molecular weight excluding hydrogens is 422 g/mol. The minimum Gasteiger partial charge on any atom is -0.381 e. The summed E-state index contributed by atoms with van der Waals surface area (Å²) in [5, 5.41) is 0.916. The summed E-state index contributed by atoms with van der Waals surface area (Å²) >= 11 is 12.1. The van der Waals surface area contributed by atoms with Crippen molar-refractivity contribution < 1.29 is 12.8 Å². The molecule has 1 aromatic heterocycles. The highest BCUT2D eigenvalue weighted by Gasteiger charge is 2.27. The number of halogens is 3. The summed E-state index contributed by atoms with van der Waals surface area (Å²) < 4.78 is 41.8. The van der Waals surface area contributed by atoms with Crippen LogP contribution in [-0.2, 0) is 10.0 Å². The predicted octanol–water partition coefficient (Wildman–Crippen LogP) is 5.26. The Morgan fingerprint density at radius 3 is 2.64 bits per heavy atom. The summed E-state index contributed by atoms with van der Waals surface area (Å²) in [4.78, 5) is 1.96. The van der Waals surface area contributed by atoms with Crippen molar-refractivity contribution in [2.24, 2.45) is 0 Å². The number of benzene rings is 2. The largest absolute Gasteiger partial charge is 0.381 e. The van der Waals surface area contributed by atoms with Crippen LogP contribution in [0.2, 0.25) is 10.0 Å². The number of nitrogens with zero attached hydrogens (tertiary/aromatic N) is 2. The van der Waals surface area contributed by atoms with Crippen LogP contribution in [0.15, 0.2) is 59.8 Å². The van der Waals surface area contributed by atoms with Gasteiger partial charge in [-0.2, -0.15) is 0 Å². The lowest BCUT2D eigenvalue weighted by Crippen LogP contribution is -2.19. The molecule has 1 aliphatic rings. The maximum absolute atomic E-state index is 14.0. The number of aromatic nitrogens is 1. The Hall–Kier alpha value is -2.02. The molecule has 0 fully saturated rings. The summed E-state index contributed by atoms with van der Waals surface area (Å²) in [5.41, 5.74) is 1.17. The van der Waals surface area contributed by atoms with Crippen LogP contribution < -0.4 is 0 Å². The molecule has 0 saturated heterocycles. The monoisotopic (exact) mass is 438 g/mol. The zero-order valence-corrected chi connectivity index (χ0v) is 17.3. The van der Waals surface area contributed by atoms with Crippen LogP contribution in [0, 0.1) is 5.82 Å². The summed E-state index contributed by atoms with van der Waals surface area (Å²) in [5.74, 6) is -0.423. The van der Waals surface area contributed by atoms with Crippen LogP contribution in [0.25, 0.3) is 10.9 Å². The predicted molar refractivity (Wildman–Crippen MR) is 110 cm³/mol. The van der Waals surface area contributed by atoms with E-state index in [0.717, 1.165) is 18.5 Å². The number of fused-ring (bicyclic) bond motifs is 1. The van der Waals surface area contributed by atoms with Crippen LogP contribution in [0.5, 0.6) is 0 Å². The first-order chi connectivity index (χ1) is 13.3. The van der Waals surface area contributed by atoms with Crippen molar-refractivity contribution in [3.63, 3.8) is 0 Å². The molecule has 1 aliphatic heterocycles. The van der Waals surface area contributed by atoms with Crippen molar-refractivity contribution in [2.75, 3.05) is 13.6 Å². The minimum atomic E-state index is -4.02. The van der Waals surface area contributed by atoms with Crippen molar-refractivity contribution in [2.45, 2.75) is 17.2 Å². The van der Waals surface area contributed by atoms with Gasteiger partial charge in [-0.3, -0.25) is 0 Å². The molecule has 0 radical (unpaired) electrons. The first kappa shape index (κ1) is 19.3. The van der Waals surface area contributed by atoms with Gasteiger partial charge in [0.2, 0.25) is 0 Å². The van der Waals surface area contributed by atoms with E-state index in [4.69, 9.17) is 23.2 Å². The fraction of sp³-hybridized carbons (Fsp3) is 0.200. The second-order valence-electron chi connectivity index (χ2n) is 6.84. The van der Waals surface area contributed by atoms with Crippen LogP contribution in [0.3, 0.4) is 0 Å². The molecule has 0 bridgehead atoms. The Balaban J connectivity index is 1.95. The lowest BCUT2D eigenvalue weighted by Gasteiger charge is -2.23. The van der Waals surface area contributed by atoms with E-state index < -0.39 is 15.8 Å². The third-order valence-corrected chi connectivity index (χ3v) is 7.35. The first-order valence-electron chi connectivity index (χ1n) is 8.67. The fourth-order valence-corrected chi connectivity index (χ4v) is 5.62. The van der Waals surface area contributed by atoms with E-state index in [1.165, 1.54) is 40.4 Å². The third-order valence-electron chi connectivity index (χ3n) is 4.96. The average Bonchev–Trinajstić information content (AvgIpc) is 3.03. The van der Waals surface area contributed by atoms with Crippen LogP contribution in [0.1, 0.15) is 17.9 Å². The molecule has 146 valence electrons. The zero-order chi connectivity index (χ0) is 20.1. The first-order valence-corrected chi connectivity index (χ1v) is 10.9. The number of hydrogen-bond donors (Lipinski definition) is 0. The standard InChI is InChI=1S/C20H17Cl2FN2O2S/c1-24-8-6-13(7-9-24)17-12-25(19-5-3-15(23)11-16(17)19)28(26,27)20-10-14(21)2-4-18(20)22/h2-6,8,10-13H,7,9H2,1H3. The second-order valence-corrected chi connectivity index (χ2v) is 9.47. The van der Waals surface area contributed by atoms with E-state index in [9.17, 15) is 12.8 Å². The van der Waals surface area contributed by atoms with Gasteiger partial charge in [0, 0.05) is 36.1 Å². The molecular formula is C20H17Cl2FN2O2S. The molecule has 3 aromatic rings. The second kappa shape index (κ2) is 7.10. The summed E-state index contributed by atoms with van der Waals surface area (Å²) in [6.45, 7) is 0.829. The van der Waals surface area contributed by atoms with Crippen molar-refractivity contribution in [3.05, 3.63) is 76.3 Å². The molecule has 1 unspecified atom stereocenters. The van der Waals surface area contributed by atoms with Crippen LogP contribution in [-0.4, -0.2) is 30.9 Å². The van der Waals surface area contributed by atoms with Gasteiger partial charge in [-0.05, 0) is 54.6 Å². The molecule has 28 heavy (non-hydrogen) atoms. The van der Waals surface area contributed by atoms with E-state index in [0.29, 0.717) is 10.9 Å². The molecule has 8 heteroatoms. The highest BCUT2D eigenvalue weighted by Crippen LogP contribution is 2.36. The SMILES string of the molecule is CN1C=CC(c2cn(S(=O)(=O)c3cc(Cl)ccc3Cl)c3ccc(F)cc23)CC1. The van der Waals surface area contributed by atoms with Crippen molar-refractivity contribution in [3.8, 4) is 0 Å². The Labute approximate surface area is 172 Å². The van der Waals surface area contributed by atoms with E-state index in [1.807, 2.05) is 19.3 Å². The molecule has 1 atom stereocenters. The minimum absolute atomic E-state index is 0.00761. The number of allylic oxidation sites excluding steroid dienone is 1. The Bertz CT molecular complexity index is 1200. The van der Waals surface area contributed by atoms with Crippen molar-refractivity contribution >= 4 is 44.1 Å². The molecule has 2 heterocycles. The molecule has 2 aromatic carbocycles. The maximum Gasteiger partial charge on any atom is 0.269 e. The van der Waals surface area contributed by atoms with Gasteiger partial charge >= 0.3 is 0 Å². The smallest absolute Gasteiger partial charge is 0.269 e. The number of rotatable bonds is 3. The van der Waals surface area contributed by atoms with Crippen molar-refractivity contribution in [1.29, 1.82) is 0 Å². The quantitative estimate of drug-likeness (QED) is 0.560. The summed E-state index contributed by atoms with van der Waals surface area (Å²) in [7, 11) is -2.04. The lowest BCUT2D eigenvalue weighted by atomic mass is 9.93. The van der Waals surface area contributed by atoms with Crippen molar-refractivity contribution in [1.82, 2.24) is 8.87 Å². The van der Waals surface area contributed by atoms with E-state index in [1.54, 1.807) is 6.20 Å².